The quantitative estimate of drug-likeness (QED) is 0.275. The first kappa shape index (κ1) is 23.7. The Kier molecular flexibility index (Phi) is 4.94. The van der Waals surface area contributed by atoms with Gasteiger partial charge in [0.05, 0.1) is 22.2 Å². The van der Waals surface area contributed by atoms with Gasteiger partial charge in [0.15, 0.2) is 23.0 Å². The van der Waals surface area contributed by atoms with Crippen molar-refractivity contribution in [2.24, 2.45) is 9.98 Å². The van der Waals surface area contributed by atoms with Crippen LogP contribution in [0.25, 0.3) is 0 Å². The first-order valence-electron chi connectivity index (χ1n) is 14.2. The molecule has 0 aromatic heterocycles. The molecule has 4 aromatic carbocycles. The first-order valence-corrected chi connectivity index (χ1v) is 14.2. The van der Waals surface area contributed by atoms with Gasteiger partial charge in [0.2, 0.25) is 0 Å². The molecular formula is C34H26N2O6. The summed E-state index contributed by atoms with van der Waals surface area (Å²) < 4.78 is 34.6. The van der Waals surface area contributed by atoms with Crippen molar-refractivity contribution >= 4 is 23.8 Å². The minimum Gasteiger partial charge on any atom is -0.491 e. The van der Waals surface area contributed by atoms with Gasteiger partial charge in [-0.2, -0.15) is 0 Å². The topological polar surface area (TPSA) is 80.1 Å². The number of hydrogen-bond donors (Lipinski definition) is 0. The molecule has 4 aromatic rings. The van der Waals surface area contributed by atoms with Gasteiger partial charge in [0.1, 0.15) is 51.1 Å². The summed E-state index contributed by atoms with van der Waals surface area (Å²) in [6, 6.07) is 24.4. The molecule has 0 aliphatic carbocycles. The van der Waals surface area contributed by atoms with Crippen LogP contribution in [0.4, 0.5) is 11.4 Å². The molecule has 42 heavy (non-hydrogen) atoms. The van der Waals surface area contributed by atoms with Crippen LogP contribution in [0.1, 0.15) is 22.3 Å². The predicted molar refractivity (Wildman–Crippen MR) is 157 cm³/mol. The van der Waals surface area contributed by atoms with Crippen LogP contribution in [-0.4, -0.2) is 52.1 Å². The third-order valence-electron chi connectivity index (χ3n) is 8.78. The van der Waals surface area contributed by atoms with E-state index in [-0.39, 0.29) is 10.8 Å². The monoisotopic (exact) mass is 558 g/mol. The molecular weight excluding hydrogens is 532 g/mol. The van der Waals surface area contributed by atoms with Crippen LogP contribution < -0.4 is 28.4 Å². The molecule has 2 spiro atoms. The maximum atomic E-state index is 5.93. The van der Waals surface area contributed by atoms with Gasteiger partial charge in [-0.05, 0) is 35.4 Å². The van der Waals surface area contributed by atoms with Gasteiger partial charge in [-0.15, -0.1) is 0 Å². The second-order valence-corrected chi connectivity index (χ2v) is 11.1. The highest BCUT2D eigenvalue weighted by Gasteiger charge is 2.47. The normalized spacial score (nSPS) is 23.8. The fourth-order valence-corrected chi connectivity index (χ4v) is 6.70. The molecule has 6 heterocycles. The zero-order chi connectivity index (χ0) is 27.7. The molecule has 6 aliphatic rings. The highest BCUT2D eigenvalue weighted by atomic mass is 16.6. The van der Waals surface area contributed by atoms with E-state index in [4.69, 9.17) is 28.4 Å². The second kappa shape index (κ2) is 8.76. The first-order chi connectivity index (χ1) is 20.7. The van der Waals surface area contributed by atoms with Crippen molar-refractivity contribution in [3.05, 3.63) is 95.1 Å². The van der Waals surface area contributed by atoms with Crippen molar-refractivity contribution in [2.75, 3.05) is 39.6 Å². The summed E-state index contributed by atoms with van der Waals surface area (Å²) in [6.07, 6.45) is 4.00. The maximum absolute atomic E-state index is 5.93. The number of fused-ring (bicyclic) bond motifs is 10. The molecule has 0 saturated carbocycles. The van der Waals surface area contributed by atoms with Gasteiger partial charge in [-0.3, -0.25) is 9.98 Å². The van der Waals surface area contributed by atoms with Crippen LogP contribution in [0.5, 0.6) is 34.5 Å². The van der Waals surface area contributed by atoms with E-state index in [1.54, 1.807) is 0 Å². The molecule has 0 amide bonds. The Morgan fingerprint density at radius 2 is 0.833 bits per heavy atom. The summed E-state index contributed by atoms with van der Waals surface area (Å²) in [6.45, 7) is 3.49. The van der Waals surface area contributed by atoms with E-state index in [0.29, 0.717) is 39.6 Å². The molecule has 0 radical (unpaired) electrons. The third kappa shape index (κ3) is 3.29. The average Bonchev–Trinajstić information content (AvgIpc) is 3.81. The number of aliphatic imine (C=N–C) groups is 2. The Hall–Kier alpha value is -4.98. The van der Waals surface area contributed by atoms with Crippen molar-refractivity contribution < 1.29 is 28.4 Å². The number of rotatable bonds is 0. The fraction of sp³-hybridized carbons (Fsp3) is 0.235. The van der Waals surface area contributed by atoms with Gasteiger partial charge >= 0.3 is 0 Å². The Morgan fingerprint density at radius 1 is 0.429 bits per heavy atom. The average molecular weight is 559 g/mol. The highest BCUT2D eigenvalue weighted by Crippen LogP contribution is 2.53. The molecule has 0 fully saturated rings. The van der Waals surface area contributed by atoms with Crippen molar-refractivity contribution in [2.45, 2.75) is 10.8 Å². The largest absolute Gasteiger partial charge is 0.491 e. The summed E-state index contributed by atoms with van der Waals surface area (Å²) in [7, 11) is 0. The zero-order valence-corrected chi connectivity index (χ0v) is 22.7. The lowest BCUT2D eigenvalue weighted by Crippen LogP contribution is -2.29. The van der Waals surface area contributed by atoms with E-state index in [1.807, 2.05) is 73.1 Å². The molecule has 0 saturated heterocycles. The summed E-state index contributed by atoms with van der Waals surface area (Å²) in [5.41, 5.74) is 6.07. The number of ether oxygens (including phenoxy) is 6. The van der Waals surface area contributed by atoms with Crippen molar-refractivity contribution in [3.63, 3.8) is 0 Å². The van der Waals surface area contributed by atoms with Gasteiger partial charge in [0.25, 0.3) is 0 Å². The van der Waals surface area contributed by atoms with Gasteiger partial charge in [0, 0.05) is 35.7 Å². The Morgan fingerprint density at radius 3 is 1.29 bits per heavy atom. The van der Waals surface area contributed by atoms with E-state index in [9.17, 15) is 0 Å². The van der Waals surface area contributed by atoms with Crippen molar-refractivity contribution in [1.29, 1.82) is 0 Å². The summed E-state index contributed by atoms with van der Waals surface area (Å²) in [5.74, 6) is 4.84. The van der Waals surface area contributed by atoms with Crippen LogP contribution in [-0.2, 0) is 10.8 Å². The minimum absolute atomic E-state index is 0.290. The fourth-order valence-electron chi connectivity index (χ4n) is 6.70. The van der Waals surface area contributed by atoms with E-state index < -0.39 is 0 Å². The lowest BCUT2D eigenvalue weighted by molar-refractivity contribution is 0.171. The number of hydrogen-bond acceptors (Lipinski definition) is 8. The standard InChI is InChI=1S/2C17H13NO3/c2*1-2-4-13-11(3-1)17(9-18-13)10-21-14-8-16-15(7-12(14)17)19-5-6-20-16/h2*1-4,7-9H,5-6,10H2/t17-;/m0./s1. The lowest BCUT2D eigenvalue weighted by atomic mass is 9.78. The van der Waals surface area contributed by atoms with Gasteiger partial charge in [-0.1, -0.05) is 36.4 Å². The molecule has 6 aliphatic heterocycles. The van der Waals surface area contributed by atoms with Crippen LogP contribution in [0, 0.1) is 0 Å². The van der Waals surface area contributed by atoms with Crippen molar-refractivity contribution in [1.82, 2.24) is 0 Å². The van der Waals surface area contributed by atoms with E-state index in [0.717, 1.165) is 57.0 Å². The smallest absolute Gasteiger partial charge is 0.165 e. The molecule has 2 atom stereocenters. The SMILES string of the molecule is C1=Nc2ccccc2C12COc1cc3c(cc12)OCCO3.C1=Nc2ccccc2[C@@]12COc1cc3c(cc12)OCCO3. The Balaban J connectivity index is 0.000000119. The maximum Gasteiger partial charge on any atom is 0.165 e. The number of nitrogens with zero attached hydrogens (tertiary/aromatic N) is 2. The third-order valence-corrected chi connectivity index (χ3v) is 8.78. The van der Waals surface area contributed by atoms with Gasteiger partial charge < -0.3 is 28.4 Å². The Labute approximate surface area is 242 Å². The number of benzene rings is 4. The Bertz CT molecular complexity index is 1700. The zero-order valence-electron chi connectivity index (χ0n) is 22.7. The predicted octanol–water partition coefficient (Wildman–Crippen LogP) is 5.70. The van der Waals surface area contributed by atoms with Crippen LogP contribution >= 0.6 is 0 Å². The van der Waals surface area contributed by atoms with Crippen LogP contribution in [0.3, 0.4) is 0 Å². The van der Waals surface area contributed by atoms with E-state index in [1.165, 1.54) is 11.1 Å². The molecule has 0 bridgehead atoms. The number of para-hydroxylation sites is 2. The summed E-state index contributed by atoms with van der Waals surface area (Å²) in [4.78, 5) is 9.14. The van der Waals surface area contributed by atoms with E-state index in [2.05, 4.69) is 22.1 Å². The minimum atomic E-state index is -0.290. The molecule has 8 nitrogen and oxygen atoms in total. The van der Waals surface area contributed by atoms with Crippen LogP contribution in [0.15, 0.2) is 82.8 Å². The molecule has 8 heteroatoms. The van der Waals surface area contributed by atoms with Crippen LogP contribution in [0.2, 0.25) is 0 Å². The van der Waals surface area contributed by atoms with Crippen molar-refractivity contribution in [3.8, 4) is 34.5 Å². The molecule has 0 N–H and O–H groups in total. The molecule has 10 rings (SSSR count). The van der Waals surface area contributed by atoms with E-state index >= 15 is 0 Å². The second-order valence-electron chi connectivity index (χ2n) is 11.1. The summed E-state index contributed by atoms with van der Waals surface area (Å²) >= 11 is 0. The summed E-state index contributed by atoms with van der Waals surface area (Å²) in [5, 5.41) is 0. The lowest BCUT2D eigenvalue weighted by Gasteiger charge is -2.23. The molecule has 1 unspecified atom stereocenters. The van der Waals surface area contributed by atoms with Gasteiger partial charge in [-0.25, -0.2) is 0 Å². The molecule has 208 valence electrons. The highest BCUT2D eigenvalue weighted by molar-refractivity contribution is 5.92.